The van der Waals surface area contributed by atoms with Crippen LogP contribution in [-0.2, 0) is 4.79 Å². The van der Waals surface area contributed by atoms with Crippen LogP contribution in [0.2, 0.25) is 0 Å². The van der Waals surface area contributed by atoms with Gasteiger partial charge in [-0.3, -0.25) is 4.79 Å². The van der Waals surface area contributed by atoms with Gasteiger partial charge in [-0.2, -0.15) is 0 Å². The number of aromatic amines is 1. The van der Waals surface area contributed by atoms with Crippen LogP contribution >= 0.6 is 0 Å². The van der Waals surface area contributed by atoms with E-state index in [0.717, 1.165) is 28.1 Å². The monoisotopic (exact) mass is 290 g/mol. The molecule has 3 aromatic rings. The van der Waals surface area contributed by atoms with Crippen LogP contribution in [-0.4, -0.2) is 22.3 Å². The number of hydrogen-bond donors (Lipinski definition) is 2. The second-order valence-corrected chi connectivity index (χ2v) is 5.28. The zero-order valence-electron chi connectivity index (χ0n) is 11.8. The Morgan fingerprint density at radius 3 is 2.77 bits per heavy atom. The highest BCUT2D eigenvalue weighted by atomic mass is 16.1. The van der Waals surface area contributed by atoms with Crippen molar-refractivity contribution in [2.45, 2.75) is 0 Å². The van der Waals surface area contributed by atoms with E-state index in [1.807, 2.05) is 47.4 Å². The first-order valence-electron chi connectivity index (χ1n) is 7.03. The van der Waals surface area contributed by atoms with Crippen LogP contribution < -0.4 is 10.6 Å². The molecule has 1 aromatic heterocycles. The number of hydrogen-bond acceptors (Lipinski definition) is 4. The van der Waals surface area contributed by atoms with Crippen molar-refractivity contribution < 1.29 is 4.79 Å². The number of anilines is 2. The van der Waals surface area contributed by atoms with Gasteiger partial charge in [-0.1, -0.05) is 12.1 Å². The number of carbonyl (C=O) groups is 1. The van der Waals surface area contributed by atoms with E-state index < -0.39 is 0 Å². The molecule has 0 fully saturated rings. The molecule has 22 heavy (non-hydrogen) atoms. The van der Waals surface area contributed by atoms with Gasteiger partial charge in [0, 0.05) is 23.1 Å². The molecule has 1 aliphatic rings. The van der Waals surface area contributed by atoms with E-state index in [-0.39, 0.29) is 5.78 Å². The van der Waals surface area contributed by atoms with Gasteiger partial charge in [0.15, 0.2) is 5.78 Å². The van der Waals surface area contributed by atoms with Crippen molar-refractivity contribution in [2.24, 2.45) is 0 Å². The van der Waals surface area contributed by atoms with E-state index in [1.54, 1.807) is 12.3 Å². The van der Waals surface area contributed by atoms with Gasteiger partial charge in [-0.25, -0.2) is 4.98 Å². The van der Waals surface area contributed by atoms with Gasteiger partial charge in [0.05, 0.1) is 17.6 Å². The molecule has 1 aliphatic heterocycles. The lowest BCUT2D eigenvalue weighted by Crippen LogP contribution is -2.16. The van der Waals surface area contributed by atoms with Crippen LogP contribution in [0.15, 0.2) is 54.7 Å². The molecule has 0 aliphatic carbocycles. The Balaban J connectivity index is 1.73. The summed E-state index contributed by atoms with van der Waals surface area (Å²) in [5, 5.41) is 0. The van der Waals surface area contributed by atoms with Gasteiger partial charge in [0.2, 0.25) is 0 Å². The first kappa shape index (κ1) is 12.6. The normalized spacial score (nSPS) is 14.2. The predicted molar refractivity (Wildman–Crippen MR) is 87.4 cm³/mol. The highest BCUT2D eigenvalue weighted by Gasteiger charge is 2.15. The second kappa shape index (κ2) is 4.73. The highest BCUT2D eigenvalue weighted by Crippen LogP contribution is 2.30. The predicted octanol–water partition coefficient (Wildman–Crippen LogP) is 2.71. The first-order chi connectivity index (χ1) is 10.7. The second-order valence-electron chi connectivity index (χ2n) is 5.28. The fourth-order valence-electron chi connectivity index (χ4n) is 2.65. The molecule has 0 saturated heterocycles. The van der Waals surface area contributed by atoms with Crippen LogP contribution in [0.25, 0.3) is 22.4 Å². The van der Waals surface area contributed by atoms with Crippen molar-refractivity contribution >= 4 is 28.2 Å². The minimum absolute atomic E-state index is 0.0972. The molecule has 0 saturated carbocycles. The molecule has 0 amide bonds. The van der Waals surface area contributed by atoms with Crippen molar-refractivity contribution in [2.75, 3.05) is 17.2 Å². The summed E-state index contributed by atoms with van der Waals surface area (Å²) in [5.74, 6) is 0.846. The third-order valence-electron chi connectivity index (χ3n) is 3.78. The number of nitrogens with one attached hydrogen (secondary N) is 1. The number of benzene rings is 2. The Hall–Kier alpha value is -3.08. The number of imidazole rings is 1. The van der Waals surface area contributed by atoms with Crippen molar-refractivity contribution in [3.63, 3.8) is 0 Å². The van der Waals surface area contributed by atoms with Crippen LogP contribution in [0.4, 0.5) is 11.4 Å². The smallest absolute Gasteiger partial charge is 0.176 e. The number of nitrogen functional groups attached to an aromatic ring is 1. The van der Waals surface area contributed by atoms with E-state index in [2.05, 4.69) is 9.97 Å². The third-order valence-corrected chi connectivity index (χ3v) is 3.78. The molecule has 4 rings (SSSR count). The molecular formula is C17H14N4O. The maximum atomic E-state index is 11.3. The van der Waals surface area contributed by atoms with Crippen LogP contribution in [0.5, 0.6) is 0 Å². The number of carbonyl (C=O) groups excluding carboxylic acids is 1. The van der Waals surface area contributed by atoms with Gasteiger partial charge in [0.1, 0.15) is 5.82 Å². The fraction of sp³-hybridized carbons (Fsp3) is 0.0588. The lowest BCUT2D eigenvalue weighted by Gasteiger charge is -2.16. The summed E-state index contributed by atoms with van der Waals surface area (Å²) in [5.41, 5.74) is 10.5. The molecule has 0 spiro atoms. The Labute approximate surface area is 127 Å². The van der Waals surface area contributed by atoms with E-state index in [4.69, 9.17) is 5.73 Å². The topological polar surface area (TPSA) is 75.0 Å². The van der Waals surface area contributed by atoms with E-state index in [1.165, 1.54) is 0 Å². The number of rotatable bonds is 2. The zero-order valence-corrected chi connectivity index (χ0v) is 11.8. The number of ketones is 1. The van der Waals surface area contributed by atoms with Gasteiger partial charge in [-0.15, -0.1) is 0 Å². The average Bonchev–Trinajstić information content (AvgIpc) is 3.13. The fourth-order valence-corrected chi connectivity index (χ4v) is 2.65. The molecule has 5 nitrogen and oxygen atoms in total. The Kier molecular flexibility index (Phi) is 2.72. The summed E-state index contributed by atoms with van der Waals surface area (Å²) in [6.07, 6.45) is 3.35. The summed E-state index contributed by atoms with van der Waals surface area (Å²) in [7, 11) is 0. The van der Waals surface area contributed by atoms with Gasteiger partial charge in [0.25, 0.3) is 0 Å². The summed E-state index contributed by atoms with van der Waals surface area (Å²) in [6.45, 7) is 0.365. The maximum Gasteiger partial charge on any atom is 0.176 e. The molecular weight excluding hydrogens is 276 g/mol. The Bertz CT molecular complexity index is 877. The van der Waals surface area contributed by atoms with Crippen molar-refractivity contribution in [1.82, 2.24) is 9.97 Å². The summed E-state index contributed by atoms with van der Waals surface area (Å²) >= 11 is 0. The highest BCUT2D eigenvalue weighted by molar-refractivity contribution is 5.97. The van der Waals surface area contributed by atoms with Crippen LogP contribution in [0, 0.1) is 0 Å². The lowest BCUT2D eigenvalue weighted by atomic mass is 10.1. The van der Waals surface area contributed by atoms with E-state index in [0.29, 0.717) is 12.2 Å². The zero-order chi connectivity index (χ0) is 15.1. The van der Waals surface area contributed by atoms with Gasteiger partial charge in [-0.05, 0) is 36.4 Å². The van der Waals surface area contributed by atoms with Gasteiger partial charge < -0.3 is 15.6 Å². The maximum absolute atomic E-state index is 11.3. The molecule has 0 radical (unpaired) electrons. The SMILES string of the molecule is Nc1cc(N2C=CC(=O)C2)ccc1-c1nc2ccccc2[nH]1. The standard InChI is InChI=1S/C17H14N4O/c18-14-9-11(21-8-7-12(22)10-21)5-6-13(14)17-19-15-3-1-2-4-16(15)20-17/h1-9H,10,18H2,(H,19,20). The minimum atomic E-state index is 0.0972. The number of nitrogens with zero attached hydrogens (tertiary/aromatic N) is 2. The Morgan fingerprint density at radius 1 is 1.18 bits per heavy atom. The van der Waals surface area contributed by atoms with Gasteiger partial charge >= 0.3 is 0 Å². The van der Waals surface area contributed by atoms with E-state index in [9.17, 15) is 4.79 Å². The van der Waals surface area contributed by atoms with Crippen LogP contribution in [0.1, 0.15) is 0 Å². The largest absolute Gasteiger partial charge is 0.398 e. The van der Waals surface area contributed by atoms with E-state index >= 15 is 0 Å². The number of para-hydroxylation sites is 2. The quantitative estimate of drug-likeness (QED) is 0.712. The Morgan fingerprint density at radius 2 is 2.05 bits per heavy atom. The molecule has 108 valence electrons. The van der Waals surface area contributed by atoms with Crippen molar-refractivity contribution in [3.05, 3.63) is 54.7 Å². The minimum Gasteiger partial charge on any atom is -0.398 e. The number of nitrogens with two attached hydrogens (primary N) is 1. The number of fused-ring (bicyclic) bond motifs is 1. The number of H-pyrrole nitrogens is 1. The molecule has 0 unspecified atom stereocenters. The van der Waals surface area contributed by atoms with Crippen LogP contribution in [0.3, 0.4) is 0 Å². The third kappa shape index (κ3) is 2.03. The molecule has 5 heteroatoms. The molecule has 3 N–H and O–H groups in total. The average molecular weight is 290 g/mol. The molecule has 0 bridgehead atoms. The lowest BCUT2D eigenvalue weighted by molar-refractivity contribution is -0.112. The summed E-state index contributed by atoms with van der Waals surface area (Å²) in [4.78, 5) is 21.0. The molecule has 2 heterocycles. The summed E-state index contributed by atoms with van der Waals surface area (Å²) < 4.78 is 0. The molecule has 2 aromatic carbocycles. The first-order valence-corrected chi connectivity index (χ1v) is 7.03. The van der Waals surface area contributed by atoms with Crippen molar-refractivity contribution in [1.29, 1.82) is 0 Å². The molecule has 0 atom stereocenters. The number of aromatic nitrogens is 2. The van der Waals surface area contributed by atoms with Crippen molar-refractivity contribution in [3.8, 4) is 11.4 Å². The summed E-state index contributed by atoms with van der Waals surface area (Å²) in [6, 6.07) is 13.6.